The first-order valence-corrected chi connectivity index (χ1v) is 10.6. The van der Waals surface area contributed by atoms with Crippen molar-refractivity contribution in [2.75, 3.05) is 5.32 Å². The molecule has 1 aliphatic heterocycles. The van der Waals surface area contributed by atoms with Crippen molar-refractivity contribution in [3.05, 3.63) is 76.0 Å². The molecule has 158 valence electrons. The van der Waals surface area contributed by atoms with Gasteiger partial charge in [-0.15, -0.1) is 0 Å². The maximum Gasteiger partial charge on any atom is 0.248 e. The molecule has 1 aliphatic carbocycles. The average Bonchev–Trinajstić information content (AvgIpc) is 3.19. The van der Waals surface area contributed by atoms with Gasteiger partial charge in [0, 0.05) is 22.7 Å². The Bertz CT molecular complexity index is 1180. The molecule has 5 rings (SSSR count). The van der Waals surface area contributed by atoms with E-state index in [0.29, 0.717) is 29.7 Å². The Morgan fingerprint density at radius 1 is 1.19 bits per heavy atom. The number of allylic oxidation sites excluding steroid dienone is 2. The van der Waals surface area contributed by atoms with Crippen LogP contribution in [0, 0.1) is 5.41 Å². The molecule has 0 radical (unpaired) electrons. The van der Waals surface area contributed by atoms with Gasteiger partial charge in [-0.2, -0.15) is 4.68 Å². The van der Waals surface area contributed by atoms with Crippen LogP contribution < -0.4 is 10.1 Å². The molecule has 0 spiro atoms. The van der Waals surface area contributed by atoms with Crippen molar-refractivity contribution in [1.29, 1.82) is 0 Å². The van der Waals surface area contributed by atoms with Gasteiger partial charge in [0.05, 0.1) is 0 Å². The summed E-state index contributed by atoms with van der Waals surface area (Å²) >= 11 is 5.96. The number of rotatable bonds is 4. The standard InChI is InChI=1S/C23H22ClN5O2/c1-23(2)11-18-20(19(30)12-23)21(29-22(25-18)26-27-28-29)15-4-3-5-17(10-15)31-13-14-6-8-16(24)9-7-14/h3-10,21H,11-13H2,1-2H3,(H,25,26,28). The highest BCUT2D eigenvalue weighted by atomic mass is 35.5. The third kappa shape index (κ3) is 3.81. The van der Waals surface area contributed by atoms with Crippen LogP contribution in [-0.4, -0.2) is 26.0 Å². The van der Waals surface area contributed by atoms with Crippen molar-refractivity contribution in [2.24, 2.45) is 5.41 Å². The number of nitrogens with one attached hydrogen (secondary N) is 1. The van der Waals surface area contributed by atoms with E-state index in [2.05, 4.69) is 34.7 Å². The van der Waals surface area contributed by atoms with E-state index in [-0.39, 0.29) is 17.2 Å². The van der Waals surface area contributed by atoms with Gasteiger partial charge in [-0.25, -0.2) is 0 Å². The summed E-state index contributed by atoms with van der Waals surface area (Å²) in [6.07, 6.45) is 1.26. The Balaban J connectivity index is 1.48. The average molecular weight is 436 g/mol. The number of hydrogen-bond donors (Lipinski definition) is 1. The number of ether oxygens (including phenoxy) is 1. The summed E-state index contributed by atoms with van der Waals surface area (Å²) in [5.74, 6) is 1.38. The van der Waals surface area contributed by atoms with Gasteiger partial charge in [-0.05, 0) is 57.7 Å². The van der Waals surface area contributed by atoms with E-state index in [9.17, 15) is 4.79 Å². The Morgan fingerprint density at radius 3 is 2.81 bits per heavy atom. The van der Waals surface area contributed by atoms with E-state index in [0.717, 1.165) is 28.8 Å². The first-order chi connectivity index (χ1) is 14.9. The molecule has 2 aliphatic rings. The van der Waals surface area contributed by atoms with E-state index in [4.69, 9.17) is 16.3 Å². The zero-order chi connectivity index (χ0) is 21.6. The van der Waals surface area contributed by atoms with Crippen LogP contribution in [-0.2, 0) is 11.4 Å². The quantitative estimate of drug-likeness (QED) is 0.646. The third-order valence-corrected chi connectivity index (χ3v) is 5.94. The Kier molecular flexibility index (Phi) is 4.78. The number of nitrogens with zero attached hydrogens (tertiary/aromatic N) is 4. The number of ketones is 1. The molecule has 0 amide bonds. The van der Waals surface area contributed by atoms with Gasteiger partial charge in [0.15, 0.2) is 5.78 Å². The van der Waals surface area contributed by atoms with Crippen LogP contribution in [0.15, 0.2) is 59.8 Å². The normalized spacial score (nSPS) is 19.5. The zero-order valence-corrected chi connectivity index (χ0v) is 18.1. The van der Waals surface area contributed by atoms with E-state index in [1.54, 1.807) is 4.68 Å². The number of hydrogen-bond acceptors (Lipinski definition) is 6. The largest absolute Gasteiger partial charge is 0.489 e. The lowest BCUT2D eigenvalue weighted by molar-refractivity contribution is -0.118. The molecule has 2 heterocycles. The van der Waals surface area contributed by atoms with Gasteiger partial charge < -0.3 is 10.1 Å². The SMILES string of the molecule is CC1(C)CC(=O)C2=C(C1)Nc1nnnn1C2c1cccc(OCc2ccc(Cl)cc2)c1. The molecule has 0 fully saturated rings. The van der Waals surface area contributed by atoms with Crippen molar-refractivity contribution < 1.29 is 9.53 Å². The number of anilines is 1. The fraction of sp³-hybridized carbons (Fsp3) is 0.304. The maximum absolute atomic E-state index is 13.2. The fourth-order valence-electron chi connectivity index (χ4n) is 4.30. The number of tetrazole rings is 1. The topological polar surface area (TPSA) is 81.9 Å². The van der Waals surface area contributed by atoms with Crippen LogP contribution >= 0.6 is 11.6 Å². The molecule has 1 N–H and O–H groups in total. The van der Waals surface area contributed by atoms with Gasteiger partial charge in [0.2, 0.25) is 5.95 Å². The molecule has 2 aromatic carbocycles. The number of carbonyl (C=O) groups is 1. The zero-order valence-electron chi connectivity index (χ0n) is 17.3. The number of aromatic nitrogens is 4. The summed E-state index contributed by atoms with van der Waals surface area (Å²) in [6, 6.07) is 14.9. The summed E-state index contributed by atoms with van der Waals surface area (Å²) in [7, 11) is 0. The highest BCUT2D eigenvalue weighted by Gasteiger charge is 2.41. The second-order valence-electron chi connectivity index (χ2n) is 8.80. The number of halogens is 1. The van der Waals surface area contributed by atoms with E-state index in [1.807, 2.05) is 48.5 Å². The maximum atomic E-state index is 13.2. The molecule has 0 saturated carbocycles. The highest BCUT2D eigenvalue weighted by Crippen LogP contribution is 2.45. The van der Waals surface area contributed by atoms with E-state index < -0.39 is 0 Å². The minimum atomic E-state index is -0.385. The van der Waals surface area contributed by atoms with Crippen LogP contribution in [0.2, 0.25) is 5.02 Å². The minimum Gasteiger partial charge on any atom is -0.489 e. The summed E-state index contributed by atoms with van der Waals surface area (Å²) in [5.41, 5.74) is 3.46. The first-order valence-electron chi connectivity index (χ1n) is 10.2. The van der Waals surface area contributed by atoms with E-state index >= 15 is 0 Å². The van der Waals surface area contributed by atoms with Crippen molar-refractivity contribution >= 4 is 23.3 Å². The first kappa shape index (κ1) is 19.8. The molecule has 8 heteroatoms. The Hall–Kier alpha value is -3.19. The van der Waals surface area contributed by atoms with Crippen molar-refractivity contribution in [2.45, 2.75) is 39.3 Å². The lowest BCUT2D eigenvalue weighted by Crippen LogP contribution is -2.36. The molecule has 1 atom stereocenters. The third-order valence-electron chi connectivity index (χ3n) is 5.69. The predicted molar refractivity (Wildman–Crippen MR) is 117 cm³/mol. The lowest BCUT2D eigenvalue weighted by atomic mass is 9.73. The van der Waals surface area contributed by atoms with Crippen LogP contribution in [0.25, 0.3) is 0 Å². The van der Waals surface area contributed by atoms with Gasteiger partial charge in [0.1, 0.15) is 18.4 Å². The monoisotopic (exact) mass is 435 g/mol. The lowest BCUT2D eigenvalue weighted by Gasteiger charge is -2.37. The van der Waals surface area contributed by atoms with Crippen LogP contribution in [0.4, 0.5) is 5.95 Å². The predicted octanol–water partition coefficient (Wildman–Crippen LogP) is 4.56. The second kappa shape index (κ2) is 7.50. The van der Waals surface area contributed by atoms with Crippen molar-refractivity contribution in [3.63, 3.8) is 0 Å². The number of benzene rings is 2. The molecular weight excluding hydrogens is 414 g/mol. The summed E-state index contributed by atoms with van der Waals surface area (Å²) in [5, 5.41) is 16.1. The number of Topliss-reactive ketones (excluding diaryl/α,β-unsaturated/α-hetero) is 1. The van der Waals surface area contributed by atoms with Gasteiger partial charge >= 0.3 is 0 Å². The van der Waals surface area contributed by atoms with Gasteiger partial charge in [-0.3, -0.25) is 4.79 Å². The smallest absolute Gasteiger partial charge is 0.248 e. The highest BCUT2D eigenvalue weighted by molar-refractivity contribution is 6.30. The molecule has 0 bridgehead atoms. The molecular formula is C23H22ClN5O2. The summed E-state index contributed by atoms with van der Waals surface area (Å²) in [4.78, 5) is 13.2. The molecule has 0 saturated heterocycles. The molecule has 1 unspecified atom stereocenters. The molecule has 7 nitrogen and oxygen atoms in total. The second-order valence-corrected chi connectivity index (χ2v) is 9.23. The Labute approximate surface area is 185 Å². The van der Waals surface area contributed by atoms with Crippen molar-refractivity contribution in [3.8, 4) is 5.75 Å². The summed E-state index contributed by atoms with van der Waals surface area (Å²) in [6.45, 7) is 4.63. The number of fused-ring (bicyclic) bond motifs is 1. The van der Waals surface area contributed by atoms with Gasteiger partial charge in [0.25, 0.3) is 0 Å². The molecule has 1 aromatic heterocycles. The minimum absolute atomic E-state index is 0.105. The van der Waals surface area contributed by atoms with Crippen LogP contribution in [0.3, 0.4) is 0 Å². The number of carbonyl (C=O) groups excluding carboxylic acids is 1. The van der Waals surface area contributed by atoms with Crippen molar-refractivity contribution in [1.82, 2.24) is 20.2 Å². The van der Waals surface area contributed by atoms with E-state index in [1.165, 1.54) is 0 Å². The van der Waals surface area contributed by atoms with Crippen LogP contribution in [0.1, 0.15) is 43.9 Å². The van der Waals surface area contributed by atoms with Gasteiger partial charge in [-0.1, -0.05) is 54.8 Å². The summed E-state index contributed by atoms with van der Waals surface area (Å²) < 4.78 is 7.68. The fourth-order valence-corrected chi connectivity index (χ4v) is 4.43. The Morgan fingerprint density at radius 2 is 2.00 bits per heavy atom. The van der Waals surface area contributed by atoms with Crippen LogP contribution in [0.5, 0.6) is 5.75 Å². The molecule has 3 aromatic rings. The molecule has 31 heavy (non-hydrogen) atoms.